The number of halogens is 2. The van der Waals surface area contributed by atoms with Gasteiger partial charge in [-0.15, -0.1) is 0 Å². The van der Waals surface area contributed by atoms with Crippen LogP contribution in [0.1, 0.15) is 17.2 Å². The molecule has 0 heterocycles. The van der Waals surface area contributed by atoms with Crippen molar-refractivity contribution in [1.82, 2.24) is 5.43 Å². The fraction of sp³-hybridized carbons (Fsp3) is 0.200. The Balaban J connectivity index is 2.09. The molecule has 3 nitrogen and oxygen atoms in total. The van der Waals surface area contributed by atoms with E-state index in [1.54, 1.807) is 24.3 Å². The van der Waals surface area contributed by atoms with Crippen molar-refractivity contribution in [3.63, 3.8) is 0 Å². The van der Waals surface area contributed by atoms with E-state index in [4.69, 9.17) is 22.2 Å². The monoisotopic (exact) mass is 294 g/mol. The van der Waals surface area contributed by atoms with Gasteiger partial charge in [0.25, 0.3) is 0 Å². The Hall–Kier alpha value is -1.62. The quantitative estimate of drug-likeness (QED) is 0.656. The zero-order chi connectivity index (χ0) is 14.5. The minimum Gasteiger partial charge on any atom is -0.492 e. The first-order chi connectivity index (χ1) is 9.58. The highest BCUT2D eigenvalue weighted by molar-refractivity contribution is 6.30. The highest BCUT2D eigenvalue weighted by Crippen LogP contribution is 2.20. The summed E-state index contributed by atoms with van der Waals surface area (Å²) >= 11 is 5.88. The molecule has 0 radical (unpaired) electrons. The normalized spacial score (nSPS) is 12.2. The Bertz CT molecular complexity index is 572. The van der Waals surface area contributed by atoms with E-state index in [1.807, 2.05) is 13.0 Å². The van der Waals surface area contributed by atoms with Crippen molar-refractivity contribution >= 4 is 11.6 Å². The van der Waals surface area contributed by atoms with Crippen LogP contribution in [-0.2, 0) is 0 Å². The first-order valence-electron chi connectivity index (χ1n) is 6.20. The van der Waals surface area contributed by atoms with E-state index in [9.17, 15) is 4.39 Å². The molecule has 0 bridgehead atoms. The summed E-state index contributed by atoms with van der Waals surface area (Å²) in [4.78, 5) is 0. The summed E-state index contributed by atoms with van der Waals surface area (Å²) in [5, 5.41) is 0.598. The Morgan fingerprint density at radius 1 is 1.30 bits per heavy atom. The van der Waals surface area contributed by atoms with Gasteiger partial charge in [0.1, 0.15) is 18.2 Å². The fourth-order valence-corrected chi connectivity index (χ4v) is 2.12. The average molecular weight is 295 g/mol. The predicted molar refractivity (Wildman–Crippen MR) is 78.1 cm³/mol. The minimum absolute atomic E-state index is 0.278. The Kier molecular flexibility index (Phi) is 4.95. The molecule has 2 rings (SSSR count). The van der Waals surface area contributed by atoms with Gasteiger partial charge in [-0.3, -0.25) is 5.84 Å². The molecule has 0 aliphatic heterocycles. The van der Waals surface area contributed by atoms with Crippen LogP contribution < -0.4 is 16.0 Å². The molecule has 2 aromatic rings. The smallest absolute Gasteiger partial charge is 0.123 e. The second-order valence-corrected chi connectivity index (χ2v) is 4.99. The number of hydrogen-bond acceptors (Lipinski definition) is 3. The molecule has 0 fully saturated rings. The molecular formula is C15H16ClFN2O. The highest BCUT2D eigenvalue weighted by atomic mass is 35.5. The summed E-state index contributed by atoms with van der Waals surface area (Å²) in [6.07, 6.45) is 0. The van der Waals surface area contributed by atoms with Crippen molar-refractivity contribution in [2.24, 2.45) is 5.84 Å². The summed E-state index contributed by atoms with van der Waals surface area (Å²) in [6, 6.07) is 11.6. The van der Waals surface area contributed by atoms with Crippen molar-refractivity contribution in [2.75, 3.05) is 6.61 Å². The predicted octanol–water partition coefficient (Wildman–Crippen LogP) is 3.37. The molecule has 1 unspecified atom stereocenters. The lowest BCUT2D eigenvalue weighted by Crippen LogP contribution is -2.32. The second kappa shape index (κ2) is 6.70. The number of nitrogens with two attached hydrogens (primary N) is 1. The third kappa shape index (κ3) is 3.93. The fourth-order valence-electron chi connectivity index (χ4n) is 1.94. The number of ether oxygens (including phenoxy) is 1. The Morgan fingerprint density at radius 2 is 2.10 bits per heavy atom. The first kappa shape index (κ1) is 14.8. The van der Waals surface area contributed by atoms with Crippen molar-refractivity contribution < 1.29 is 9.13 Å². The number of aryl methyl sites for hydroxylation is 1. The van der Waals surface area contributed by atoms with E-state index >= 15 is 0 Å². The van der Waals surface area contributed by atoms with Crippen molar-refractivity contribution in [3.8, 4) is 5.75 Å². The van der Waals surface area contributed by atoms with Gasteiger partial charge in [0, 0.05) is 5.02 Å². The summed E-state index contributed by atoms with van der Waals surface area (Å²) in [6.45, 7) is 2.11. The molecule has 0 amide bonds. The van der Waals surface area contributed by atoms with Crippen LogP contribution in [0.25, 0.3) is 0 Å². The van der Waals surface area contributed by atoms with Crippen LogP contribution in [0, 0.1) is 12.7 Å². The summed E-state index contributed by atoms with van der Waals surface area (Å²) in [7, 11) is 0. The molecule has 3 N–H and O–H groups in total. The van der Waals surface area contributed by atoms with Crippen LogP contribution in [0.5, 0.6) is 5.75 Å². The van der Waals surface area contributed by atoms with Crippen molar-refractivity contribution in [1.29, 1.82) is 0 Å². The van der Waals surface area contributed by atoms with Gasteiger partial charge in [0.15, 0.2) is 0 Å². The standard InChI is InChI=1S/C15H16ClFN2O/c1-10-5-11(7-13(17)6-10)15(19-18)9-20-14-4-2-3-12(16)8-14/h2-8,15,19H,9,18H2,1H3. The minimum atomic E-state index is -0.302. The van der Waals surface area contributed by atoms with Gasteiger partial charge in [-0.1, -0.05) is 23.7 Å². The molecule has 5 heteroatoms. The van der Waals surface area contributed by atoms with E-state index in [2.05, 4.69) is 5.43 Å². The SMILES string of the molecule is Cc1cc(F)cc(C(COc2cccc(Cl)c2)NN)c1. The van der Waals surface area contributed by atoms with Crippen molar-refractivity contribution in [3.05, 3.63) is 64.4 Å². The molecule has 106 valence electrons. The maximum atomic E-state index is 13.4. The highest BCUT2D eigenvalue weighted by Gasteiger charge is 2.12. The third-order valence-corrected chi connectivity index (χ3v) is 3.12. The maximum absolute atomic E-state index is 13.4. The lowest BCUT2D eigenvalue weighted by molar-refractivity contribution is 0.267. The maximum Gasteiger partial charge on any atom is 0.123 e. The molecule has 0 aromatic heterocycles. The molecule has 0 saturated carbocycles. The van der Waals surface area contributed by atoms with E-state index in [0.717, 1.165) is 11.1 Å². The van der Waals surface area contributed by atoms with Crippen LogP contribution in [-0.4, -0.2) is 6.61 Å². The van der Waals surface area contributed by atoms with E-state index in [0.29, 0.717) is 10.8 Å². The molecule has 0 aliphatic carbocycles. The lowest BCUT2D eigenvalue weighted by Gasteiger charge is -2.18. The molecule has 0 saturated heterocycles. The summed E-state index contributed by atoms with van der Waals surface area (Å²) in [5.74, 6) is 5.88. The van der Waals surface area contributed by atoms with Crippen LogP contribution in [0.4, 0.5) is 4.39 Å². The molecule has 0 spiro atoms. The third-order valence-electron chi connectivity index (χ3n) is 2.88. The first-order valence-corrected chi connectivity index (χ1v) is 6.58. The van der Waals surface area contributed by atoms with Gasteiger partial charge in [0.2, 0.25) is 0 Å². The summed E-state index contributed by atoms with van der Waals surface area (Å²) in [5.41, 5.74) is 4.21. The lowest BCUT2D eigenvalue weighted by atomic mass is 10.1. The van der Waals surface area contributed by atoms with E-state index in [-0.39, 0.29) is 18.5 Å². The zero-order valence-electron chi connectivity index (χ0n) is 11.1. The molecule has 1 atom stereocenters. The van der Waals surface area contributed by atoms with Crippen LogP contribution >= 0.6 is 11.6 Å². The van der Waals surface area contributed by atoms with Crippen LogP contribution in [0.15, 0.2) is 42.5 Å². The van der Waals surface area contributed by atoms with Gasteiger partial charge >= 0.3 is 0 Å². The topological polar surface area (TPSA) is 47.3 Å². The molecule has 2 aromatic carbocycles. The Labute approximate surface area is 122 Å². The Morgan fingerprint density at radius 3 is 2.75 bits per heavy atom. The second-order valence-electron chi connectivity index (χ2n) is 4.55. The number of nitrogens with one attached hydrogen (secondary N) is 1. The average Bonchev–Trinajstić information content (AvgIpc) is 2.38. The van der Waals surface area contributed by atoms with E-state index in [1.165, 1.54) is 12.1 Å². The molecule has 0 aliphatic rings. The van der Waals surface area contributed by atoms with Gasteiger partial charge in [-0.25, -0.2) is 9.82 Å². The molecule has 20 heavy (non-hydrogen) atoms. The van der Waals surface area contributed by atoms with E-state index < -0.39 is 0 Å². The summed E-state index contributed by atoms with van der Waals surface area (Å²) < 4.78 is 19.0. The molecular weight excluding hydrogens is 279 g/mol. The number of hydrogen-bond donors (Lipinski definition) is 2. The zero-order valence-corrected chi connectivity index (χ0v) is 11.8. The number of hydrazine groups is 1. The van der Waals surface area contributed by atoms with Crippen LogP contribution in [0.2, 0.25) is 5.02 Å². The van der Waals surface area contributed by atoms with Crippen molar-refractivity contribution in [2.45, 2.75) is 13.0 Å². The van der Waals surface area contributed by atoms with Crippen LogP contribution in [0.3, 0.4) is 0 Å². The number of benzene rings is 2. The van der Waals surface area contributed by atoms with Gasteiger partial charge < -0.3 is 4.74 Å². The van der Waals surface area contributed by atoms with Gasteiger partial charge in [-0.2, -0.15) is 0 Å². The van der Waals surface area contributed by atoms with Gasteiger partial charge in [-0.05, 0) is 48.4 Å². The largest absolute Gasteiger partial charge is 0.492 e. The van der Waals surface area contributed by atoms with Gasteiger partial charge in [0.05, 0.1) is 6.04 Å². The number of rotatable bonds is 5.